The molecule has 5 nitrogen and oxygen atoms in total. The summed E-state index contributed by atoms with van der Waals surface area (Å²) >= 11 is 0. The normalized spacial score (nSPS) is 10.9. The fraction of sp³-hybridized carbons (Fsp3) is 0.800. The van der Waals surface area contributed by atoms with Gasteiger partial charge in [0.2, 0.25) is 0 Å². The van der Waals surface area contributed by atoms with Crippen molar-refractivity contribution in [3.63, 3.8) is 0 Å². The lowest BCUT2D eigenvalue weighted by atomic mass is 10.2. The Kier molecular flexibility index (Phi) is 5.28. The SMILES string of the molecule is CCCn1nnc(CNC)c1CCOC. The van der Waals surface area contributed by atoms with E-state index in [2.05, 4.69) is 22.6 Å². The molecule has 0 aliphatic heterocycles. The van der Waals surface area contributed by atoms with Gasteiger partial charge in [0.25, 0.3) is 0 Å². The van der Waals surface area contributed by atoms with Gasteiger partial charge in [-0.3, -0.25) is 0 Å². The molecule has 0 aliphatic carbocycles. The quantitative estimate of drug-likeness (QED) is 0.719. The van der Waals surface area contributed by atoms with Crippen LogP contribution in [0.2, 0.25) is 0 Å². The lowest BCUT2D eigenvalue weighted by Crippen LogP contribution is -2.12. The molecule has 1 N–H and O–H groups in total. The highest BCUT2D eigenvalue weighted by molar-refractivity contribution is 5.10. The molecule has 15 heavy (non-hydrogen) atoms. The first-order valence-corrected chi connectivity index (χ1v) is 5.38. The summed E-state index contributed by atoms with van der Waals surface area (Å²) in [7, 11) is 3.63. The summed E-state index contributed by atoms with van der Waals surface area (Å²) < 4.78 is 7.07. The number of aromatic nitrogens is 3. The Morgan fingerprint density at radius 2 is 2.27 bits per heavy atom. The van der Waals surface area contributed by atoms with Crippen molar-refractivity contribution in [2.45, 2.75) is 32.9 Å². The Hall–Kier alpha value is -0.940. The van der Waals surface area contributed by atoms with Crippen molar-refractivity contribution in [3.8, 4) is 0 Å². The van der Waals surface area contributed by atoms with Gasteiger partial charge in [-0.1, -0.05) is 12.1 Å². The molecule has 0 spiro atoms. The van der Waals surface area contributed by atoms with Crippen LogP contribution in [-0.4, -0.2) is 35.8 Å². The lowest BCUT2D eigenvalue weighted by molar-refractivity contribution is 0.200. The standard InChI is InChI=1S/C10H20N4O/c1-4-6-14-10(5-7-15-3)9(8-11-2)12-13-14/h11H,4-8H2,1-3H3. The number of nitrogens with one attached hydrogen (secondary N) is 1. The minimum atomic E-state index is 0.716. The maximum absolute atomic E-state index is 5.09. The molecule has 0 fully saturated rings. The van der Waals surface area contributed by atoms with Crippen molar-refractivity contribution in [2.75, 3.05) is 20.8 Å². The van der Waals surface area contributed by atoms with Crippen LogP contribution in [0.25, 0.3) is 0 Å². The maximum atomic E-state index is 5.09. The minimum Gasteiger partial charge on any atom is -0.384 e. The molecule has 1 heterocycles. The van der Waals surface area contributed by atoms with E-state index in [1.807, 2.05) is 11.7 Å². The summed E-state index contributed by atoms with van der Waals surface area (Å²) in [6, 6.07) is 0. The summed E-state index contributed by atoms with van der Waals surface area (Å²) in [5.41, 5.74) is 2.22. The largest absolute Gasteiger partial charge is 0.384 e. The molecule has 1 rings (SSSR count). The average molecular weight is 212 g/mol. The molecule has 0 aliphatic rings. The van der Waals surface area contributed by atoms with Gasteiger partial charge >= 0.3 is 0 Å². The van der Waals surface area contributed by atoms with Crippen LogP contribution < -0.4 is 5.32 Å². The zero-order chi connectivity index (χ0) is 11.1. The molecular formula is C10H20N4O. The van der Waals surface area contributed by atoms with Gasteiger partial charge in [-0.05, 0) is 13.5 Å². The molecule has 1 aromatic rings. The smallest absolute Gasteiger partial charge is 0.0997 e. The minimum absolute atomic E-state index is 0.716. The number of aryl methyl sites for hydroxylation is 1. The van der Waals surface area contributed by atoms with Gasteiger partial charge in [0.15, 0.2) is 0 Å². The van der Waals surface area contributed by atoms with Crippen LogP contribution in [0.3, 0.4) is 0 Å². The average Bonchev–Trinajstić information content (AvgIpc) is 2.60. The predicted molar refractivity (Wildman–Crippen MR) is 58.7 cm³/mol. The van der Waals surface area contributed by atoms with Crippen molar-refractivity contribution in [1.29, 1.82) is 0 Å². The molecule has 1 aromatic heterocycles. The maximum Gasteiger partial charge on any atom is 0.0997 e. The Balaban J connectivity index is 2.76. The van der Waals surface area contributed by atoms with E-state index in [9.17, 15) is 0 Å². The van der Waals surface area contributed by atoms with E-state index in [0.29, 0.717) is 6.61 Å². The van der Waals surface area contributed by atoms with Crippen molar-refractivity contribution >= 4 is 0 Å². The second kappa shape index (κ2) is 6.53. The molecule has 0 aromatic carbocycles. The second-order valence-electron chi connectivity index (χ2n) is 3.48. The van der Waals surface area contributed by atoms with Gasteiger partial charge in [-0.15, -0.1) is 5.10 Å². The third-order valence-corrected chi connectivity index (χ3v) is 2.24. The molecule has 0 saturated heterocycles. The molecule has 5 heteroatoms. The van der Waals surface area contributed by atoms with Crippen molar-refractivity contribution in [3.05, 3.63) is 11.4 Å². The number of methoxy groups -OCH3 is 1. The Morgan fingerprint density at radius 1 is 1.47 bits per heavy atom. The Bertz CT molecular complexity index is 261. The highest BCUT2D eigenvalue weighted by atomic mass is 16.5. The fourth-order valence-corrected chi connectivity index (χ4v) is 1.54. The molecule has 0 unspecified atom stereocenters. The Morgan fingerprint density at radius 3 is 2.87 bits per heavy atom. The first-order valence-electron chi connectivity index (χ1n) is 5.38. The number of hydrogen-bond donors (Lipinski definition) is 1. The Labute approximate surface area is 90.8 Å². The van der Waals surface area contributed by atoms with Crippen LogP contribution >= 0.6 is 0 Å². The van der Waals surface area contributed by atoms with Gasteiger partial charge in [-0.2, -0.15) is 0 Å². The molecule has 0 bridgehead atoms. The van der Waals surface area contributed by atoms with Gasteiger partial charge in [0.1, 0.15) is 0 Å². The van der Waals surface area contributed by atoms with Gasteiger partial charge < -0.3 is 10.1 Å². The van der Waals surface area contributed by atoms with Crippen LogP contribution in [0, 0.1) is 0 Å². The van der Waals surface area contributed by atoms with Crippen LogP contribution in [0.1, 0.15) is 24.7 Å². The summed E-state index contributed by atoms with van der Waals surface area (Å²) in [4.78, 5) is 0. The summed E-state index contributed by atoms with van der Waals surface area (Å²) in [6.07, 6.45) is 1.95. The molecular weight excluding hydrogens is 192 g/mol. The third-order valence-electron chi connectivity index (χ3n) is 2.24. The van der Waals surface area contributed by atoms with E-state index in [0.717, 1.165) is 31.6 Å². The van der Waals surface area contributed by atoms with Gasteiger partial charge in [0, 0.05) is 26.6 Å². The molecule has 0 atom stereocenters. The molecule has 0 amide bonds. The zero-order valence-corrected chi connectivity index (χ0v) is 9.79. The number of rotatable bonds is 7. The fourth-order valence-electron chi connectivity index (χ4n) is 1.54. The van der Waals surface area contributed by atoms with E-state index in [4.69, 9.17) is 4.74 Å². The van der Waals surface area contributed by atoms with Crippen molar-refractivity contribution < 1.29 is 4.74 Å². The topological polar surface area (TPSA) is 52.0 Å². The lowest BCUT2D eigenvalue weighted by Gasteiger charge is -2.06. The van der Waals surface area contributed by atoms with E-state index >= 15 is 0 Å². The highest BCUT2D eigenvalue weighted by Crippen LogP contribution is 2.07. The van der Waals surface area contributed by atoms with E-state index in [-0.39, 0.29) is 0 Å². The summed E-state index contributed by atoms with van der Waals surface area (Å²) in [5.74, 6) is 0. The zero-order valence-electron chi connectivity index (χ0n) is 9.79. The highest BCUT2D eigenvalue weighted by Gasteiger charge is 2.10. The summed E-state index contributed by atoms with van der Waals surface area (Å²) in [6.45, 7) is 4.55. The van der Waals surface area contributed by atoms with E-state index in [1.165, 1.54) is 5.69 Å². The summed E-state index contributed by atoms with van der Waals surface area (Å²) in [5, 5.41) is 11.4. The van der Waals surface area contributed by atoms with E-state index in [1.54, 1.807) is 7.11 Å². The van der Waals surface area contributed by atoms with Crippen LogP contribution in [0.15, 0.2) is 0 Å². The van der Waals surface area contributed by atoms with Gasteiger partial charge in [0.05, 0.1) is 18.0 Å². The monoisotopic (exact) mass is 212 g/mol. The molecule has 86 valence electrons. The number of hydrogen-bond acceptors (Lipinski definition) is 4. The first-order chi connectivity index (χ1) is 7.33. The van der Waals surface area contributed by atoms with Crippen molar-refractivity contribution in [2.24, 2.45) is 0 Å². The number of nitrogens with zero attached hydrogens (tertiary/aromatic N) is 3. The molecule has 0 saturated carbocycles. The molecule has 0 radical (unpaired) electrons. The second-order valence-corrected chi connectivity index (χ2v) is 3.48. The van der Waals surface area contributed by atoms with Crippen LogP contribution in [0.4, 0.5) is 0 Å². The van der Waals surface area contributed by atoms with Crippen molar-refractivity contribution in [1.82, 2.24) is 20.3 Å². The van der Waals surface area contributed by atoms with Gasteiger partial charge in [-0.25, -0.2) is 4.68 Å². The van der Waals surface area contributed by atoms with Crippen LogP contribution in [-0.2, 0) is 24.2 Å². The number of ether oxygens (including phenoxy) is 1. The third kappa shape index (κ3) is 3.28. The predicted octanol–water partition coefficient (Wildman–Crippen LogP) is 0.596. The van der Waals surface area contributed by atoms with Crippen LogP contribution in [0.5, 0.6) is 0 Å². The van der Waals surface area contributed by atoms with E-state index < -0.39 is 0 Å². The first kappa shape index (κ1) is 12.1.